The Balaban J connectivity index is 2.74. The molecular formula is C12H15NO2. The molecule has 0 aliphatic carbocycles. The lowest BCUT2D eigenvalue weighted by atomic mass is 10.0. The Morgan fingerprint density at radius 2 is 2.13 bits per heavy atom. The lowest BCUT2D eigenvalue weighted by Gasteiger charge is -2.02. The minimum absolute atomic E-state index is 0.126. The number of primary amides is 1. The third-order valence-corrected chi connectivity index (χ3v) is 2.05. The van der Waals surface area contributed by atoms with Gasteiger partial charge in [0.05, 0.1) is 0 Å². The molecule has 0 radical (unpaired) electrons. The lowest BCUT2D eigenvalue weighted by Crippen LogP contribution is -2.07. The van der Waals surface area contributed by atoms with Crippen LogP contribution >= 0.6 is 0 Å². The first-order valence-electron chi connectivity index (χ1n) is 4.87. The standard InChI is InChI=1S/C12H15NO2/c13-12(15)7-3-6-10-4-1-2-5-11(10)8-9-14/h1-6,14H,7-9H2,(H2,13,15). The Hall–Kier alpha value is -1.61. The van der Waals surface area contributed by atoms with E-state index in [4.69, 9.17) is 10.8 Å². The normalized spacial score (nSPS) is 10.7. The van der Waals surface area contributed by atoms with Crippen molar-refractivity contribution in [1.82, 2.24) is 0 Å². The largest absolute Gasteiger partial charge is 0.396 e. The summed E-state index contributed by atoms with van der Waals surface area (Å²) in [6, 6.07) is 7.75. The summed E-state index contributed by atoms with van der Waals surface area (Å²) in [6.07, 6.45) is 4.46. The number of hydrogen-bond donors (Lipinski definition) is 2. The van der Waals surface area contributed by atoms with Gasteiger partial charge in [-0.2, -0.15) is 0 Å². The van der Waals surface area contributed by atoms with Gasteiger partial charge in [0.2, 0.25) is 5.91 Å². The van der Waals surface area contributed by atoms with E-state index < -0.39 is 0 Å². The van der Waals surface area contributed by atoms with Gasteiger partial charge in [0.15, 0.2) is 0 Å². The van der Waals surface area contributed by atoms with Gasteiger partial charge in [0.1, 0.15) is 0 Å². The Kier molecular flexibility index (Phi) is 4.57. The summed E-state index contributed by atoms with van der Waals surface area (Å²) in [7, 11) is 0. The molecule has 0 saturated heterocycles. The number of carbonyl (C=O) groups excluding carboxylic acids is 1. The highest BCUT2D eigenvalue weighted by molar-refractivity contribution is 5.76. The van der Waals surface area contributed by atoms with Crippen molar-refractivity contribution >= 4 is 12.0 Å². The van der Waals surface area contributed by atoms with Gasteiger partial charge in [-0.1, -0.05) is 36.4 Å². The van der Waals surface area contributed by atoms with Gasteiger partial charge in [0, 0.05) is 13.0 Å². The van der Waals surface area contributed by atoms with Gasteiger partial charge in [0.25, 0.3) is 0 Å². The Morgan fingerprint density at radius 3 is 2.80 bits per heavy atom. The first kappa shape index (κ1) is 11.5. The van der Waals surface area contributed by atoms with Crippen LogP contribution in [0.5, 0.6) is 0 Å². The SMILES string of the molecule is NC(=O)CC=Cc1ccccc1CCO. The molecule has 0 unspecified atom stereocenters. The van der Waals surface area contributed by atoms with Crippen molar-refractivity contribution in [3.8, 4) is 0 Å². The van der Waals surface area contributed by atoms with Crippen molar-refractivity contribution in [3.63, 3.8) is 0 Å². The second kappa shape index (κ2) is 5.98. The molecule has 0 aromatic heterocycles. The molecule has 0 saturated carbocycles. The summed E-state index contributed by atoms with van der Waals surface area (Å²) in [6.45, 7) is 0.126. The number of nitrogens with two attached hydrogens (primary N) is 1. The predicted octanol–water partition coefficient (Wildman–Crippen LogP) is 1.11. The van der Waals surface area contributed by atoms with Crippen molar-refractivity contribution in [2.24, 2.45) is 5.73 Å². The molecule has 0 aliphatic rings. The van der Waals surface area contributed by atoms with Gasteiger partial charge in [-0.15, -0.1) is 0 Å². The van der Waals surface area contributed by atoms with Gasteiger partial charge in [-0.05, 0) is 17.5 Å². The maximum absolute atomic E-state index is 10.5. The molecule has 0 heterocycles. The molecule has 3 heteroatoms. The minimum Gasteiger partial charge on any atom is -0.396 e. The average molecular weight is 205 g/mol. The molecular weight excluding hydrogens is 190 g/mol. The van der Waals surface area contributed by atoms with Crippen LogP contribution in [-0.2, 0) is 11.2 Å². The summed E-state index contributed by atoms with van der Waals surface area (Å²) in [5, 5.41) is 8.86. The molecule has 80 valence electrons. The smallest absolute Gasteiger partial charge is 0.221 e. The highest BCUT2D eigenvalue weighted by Gasteiger charge is 1.97. The van der Waals surface area contributed by atoms with Crippen molar-refractivity contribution in [2.75, 3.05) is 6.61 Å². The molecule has 0 aliphatic heterocycles. The van der Waals surface area contributed by atoms with Crippen molar-refractivity contribution in [1.29, 1.82) is 0 Å². The highest BCUT2D eigenvalue weighted by Crippen LogP contribution is 2.11. The van der Waals surface area contributed by atoms with E-state index in [0.29, 0.717) is 6.42 Å². The summed E-state index contributed by atoms with van der Waals surface area (Å²) in [4.78, 5) is 10.5. The summed E-state index contributed by atoms with van der Waals surface area (Å²) in [5.74, 6) is -0.342. The van der Waals surface area contributed by atoms with E-state index in [1.165, 1.54) is 0 Å². The first-order valence-corrected chi connectivity index (χ1v) is 4.87. The fraction of sp³-hybridized carbons (Fsp3) is 0.250. The minimum atomic E-state index is -0.342. The van der Waals surface area contributed by atoms with E-state index in [1.54, 1.807) is 6.08 Å². The molecule has 0 atom stereocenters. The first-order chi connectivity index (χ1) is 7.24. The number of benzene rings is 1. The number of aliphatic hydroxyl groups excluding tert-OH is 1. The van der Waals surface area contributed by atoms with Gasteiger partial charge >= 0.3 is 0 Å². The van der Waals surface area contributed by atoms with Crippen LogP contribution in [0.25, 0.3) is 6.08 Å². The quantitative estimate of drug-likeness (QED) is 0.756. The molecule has 0 spiro atoms. The highest BCUT2D eigenvalue weighted by atomic mass is 16.2. The fourth-order valence-corrected chi connectivity index (χ4v) is 1.35. The van der Waals surface area contributed by atoms with Crippen LogP contribution in [0.15, 0.2) is 30.3 Å². The van der Waals surface area contributed by atoms with Crippen LogP contribution < -0.4 is 5.73 Å². The van der Waals surface area contributed by atoms with Crippen LogP contribution in [0.3, 0.4) is 0 Å². The Morgan fingerprint density at radius 1 is 1.40 bits per heavy atom. The van der Waals surface area contributed by atoms with E-state index in [2.05, 4.69) is 0 Å². The number of rotatable bonds is 5. The predicted molar refractivity (Wildman–Crippen MR) is 60.1 cm³/mol. The summed E-state index contributed by atoms with van der Waals surface area (Å²) in [5.41, 5.74) is 7.11. The van der Waals surface area contributed by atoms with Crippen molar-refractivity contribution < 1.29 is 9.90 Å². The van der Waals surface area contributed by atoms with Crippen molar-refractivity contribution in [2.45, 2.75) is 12.8 Å². The molecule has 1 aromatic rings. The maximum atomic E-state index is 10.5. The monoisotopic (exact) mass is 205 g/mol. The van der Waals surface area contributed by atoms with Crippen LogP contribution in [-0.4, -0.2) is 17.6 Å². The molecule has 3 N–H and O–H groups in total. The van der Waals surface area contributed by atoms with Crippen LogP contribution in [0.2, 0.25) is 0 Å². The zero-order chi connectivity index (χ0) is 11.1. The number of hydrogen-bond acceptors (Lipinski definition) is 2. The topological polar surface area (TPSA) is 63.3 Å². The lowest BCUT2D eigenvalue weighted by molar-refractivity contribution is -0.117. The van der Waals surface area contributed by atoms with E-state index in [-0.39, 0.29) is 18.9 Å². The van der Waals surface area contributed by atoms with E-state index >= 15 is 0 Å². The maximum Gasteiger partial charge on any atom is 0.221 e. The molecule has 1 amide bonds. The number of amides is 1. The van der Waals surface area contributed by atoms with Crippen LogP contribution in [0.4, 0.5) is 0 Å². The fourth-order valence-electron chi connectivity index (χ4n) is 1.35. The van der Waals surface area contributed by atoms with Gasteiger partial charge in [-0.25, -0.2) is 0 Å². The van der Waals surface area contributed by atoms with Gasteiger partial charge in [-0.3, -0.25) is 4.79 Å². The van der Waals surface area contributed by atoms with E-state index in [1.807, 2.05) is 30.3 Å². The second-order valence-electron chi connectivity index (χ2n) is 3.25. The third kappa shape index (κ3) is 3.95. The average Bonchev–Trinajstić information content (AvgIpc) is 2.20. The van der Waals surface area contributed by atoms with Crippen LogP contribution in [0, 0.1) is 0 Å². The Labute approximate surface area is 89.2 Å². The molecule has 3 nitrogen and oxygen atoms in total. The summed E-state index contributed by atoms with van der Waals surface area (Å²) < 4.78 is 0. The summed E-state index contributed by atoms with van der Waals surface area (Å²) >= 11 is 0. The molecule has 0 bridgehead atoms. The Bertz CT molecular complexity index is 358. The van der Waals surface area contributed by atoms with E-state index in [9.17, 15) is 4.79 Å². The zero-order valence-electron chi connectivity index (χ0n) is 8.52. The molecule has 0 fully saturated rings. The van der Waals surface area contributed by atoms with Crippen molar-refractivity contribution in [3.05, 3.63) is 41.5 Å². The van der Waals surface area contributed by atoms with Crippen LogP contribution in [0.1, 0.15) is 17.5 Å². The number of aliphatic hydroxyl groups is 1. The zero-order valence-corrected chi connectivity index (χ0v) is 8.52. The third-order valence-electron chi connectivity index (χ3n) is 2.05. The molecule has 15 heavy (non-hydrogen) atoms. The molecule has 1 aromatic carbocycles. The van der Waals surface area contributed by atoms with E-state index in [0.717, 1.165) is 11.1 Å². The van der Waals surface area contributed by atoms with Gasteiger partial charge < -0.3 is 10.8 Å². The molecule has 1 rings (SSSR count). The second-order valence-corrected chi connectivity index (χ2v) is 3.25. The number of carbonyl (C=O) groups is 1.